The molecule has 0 rings (SSSR count). The van der Waals surface area contributed by atoms with E-state index in [0.29, 0.717) is 19.6 Å². The fourth-order valence-corrected chi connectivity index (χ4v) is 1.08. The lowest BCUT2D eigenvalue weighted by Gasteiger charge is -2.21. The van der Waals surface area contributed by atoms with Gasteiger partial charge in [0.2, 0.25) is 5.91 Å². The molecule has 0 radical (unpaired) electrons. The molecule has 5 nitrogen and oxygen atoms in total. The molecule has 88 valence electrons. The summed E-state index contributed by atoms with van der Waals surface area (Å²) in [5.74, 6) is -0.293. The molecule has 0 atom stereocenters. The van der Waals surface area contributed by atoms with Gasteiger partial charge < -0.3 is 15.4 Å². The van der Waals surface area contributed by atoms with Gasteiger partial charge in [0.15, 0.2) is 0 Å². The molecule has 0 heterocycles. The third-order valence-corrected chi connectivity index (χ3v) is 1.98. The van der Waals surface area contributed by atoms with Crippen molar-refractivity contribution in [2.45, 2.75) is 20.8 Å². The van der Waals surface area contributed by atoms with Gasteiger partial charge in [-0.05, 0) is 13.8 Å². The third kappa shape index (κ3) is 6.06. The minimum atomic E-state index is -0.537. The Balaban J connectivity index is 3.66. The van der Waals surface area contributed by atoms with E-state index in [1.165, 1.54) is 14.0 Å². The standard InChI is InChI=1S/C10H20N2O3/c1-8(13)12-6-5-11-7-10(2,3)9(14)15-4/h11H,5-7H2,1-4H3,(H,12,13). The predicted molar refractivity (Wildman–Crippen MR) is 57.4 cm³/mol. The first-order valence-corrected chi connectivity index (χ1v) is 4.93. The number of esters is 1. The van der Waals surface area contributed by atoms with Crippen LogP contribution >= 0.6 is 0 Å². The number of amides is 1. The van der Waals surface area contributed by atoms with Crippen LogP contribution in [0, 0.1) is 5.41 Å². The molecule has 0 unspecified atom stereocenters. The minimum absolute atomic E-state index is 0.0518. The molecule has 0 bridgehead atoms. The molecule has 0 aromatic heterocycles. The van der Waals surface area contributed by atoms with Gasteiger partial charge in [-0.1, -0.05) is 0 Å². The smallest absolute Gasteiger partial charge is 0.312 e. The van der Waals surface area contributed by atoms with E-state index in [9.17, 15) is 9.59 Å². The van der Waals surface area contributed by atoms with Crippen molar-refractivity contribution in [2.75, 3.05) is 26.7 Å². The van der Waals surface area contributed by atoms with Gasteiger partial charge in [0.25, 0.3) is 0 Å². The number of carbonyl (C=O) groups excluding carboxylic acids is 2. The molecular formula is C10H20N2O3. The fraction of sp³-hybridized carbons (Fsp3) is 0.800. The molecular weight excluding hydrogens is 196 g/mol. The van der Waals surface area contributed by atoms with Crippen LogP contribution in [0.2, 0.25) is 0 Å². The Morgan fingerprint density at radius 2 is 1.87 bits per heavy atom. The topological polar surface area (TPSA) is 67.4 Å². The first kappa shape index (κ1) is 13.9. The maximum atomic E-state index is 11.3. The molecule has 0 saturated heterocycles. The molecule has 0 fully saturated rings. The Labute approximate surface area is 90.6 Å². The predicted octanol–water partition coefficient (Wildman–Crippen LogP) is -0.0887. The van der Waals surface area contributed by atoms with Gasteiger partial charge in [-0.15, -0.1) is 0 Å². The summed E-state index contributed by atoms with van der Waals surface area (Å²) in [6.07, 6.45) is 0. The summed E-state index contributed by atoms with van der Waals surface area (Å²) in [6, 6.07) is 0. The highest BCUT2D eigenvalue weighted by molar-refractivity contribution is 5.76. The highest BCUT2D eigenvalue weighted by atomic mass is 16.5. The SMILES string of the molecule is COC(=O)C(C)(C)CNCCNC(C)=O. The lowest BCUT2D eigenvalue weighted by atomic mass is 9.94. The molecule has 0 aromatic carbocycles. The van der Waals surface area contributed by atoms with Crippen molar-refractivity contribution in [3.05, 3.63) is 0 Å². The summed E-state index contributed by atoms with van der Waals surface area (Å²) >= 11 is 0. The van der Waals surface area contributed by atoms with E-state index in [1.807, 2.05) is 13.8 Å². The first-order chi connectivity index (χ1) is 6.90. The second-order valence-electron chi connectivity index (χ2n) is 4.04. The van der Waals surface area contributed by atoms with Crippen LogP contribution < -0.4 is 10.6 Å². The maximum absolute atomic E-state index is 11.3. The zero-order chi connectivity index (χ0) is 11.9. The molecule has 0 aliphatic carbocycles. The molecule has 2 N–H and O–H groups in total. The minimum Gasteiger partial charge on any atom is -0.469 e. The Bertz CT molecular complexity index is 227. The Morgan fingerprint density at radius 1 is 1.27 bits per heavy atom. The van der Waals surface area contributed by atoms with E-state index < -0.39 is 5.41 Å². The monoisotopic (exact) mass is 216 g/mol. The number of nitrogens with one attached hydrogen (secondary N) is 2. The van der Waals surface area contributed by atoms with Crippen LogP contribution in [0.25, 0.3) is 0 Å². The Morgan fingerprint density at radius 3 is 2.33 bits per heavy atom. The zero-order valence-electron chi connectivity index (χ0n) is 9.85. The van der Waals surface area contributed by atoms with Crippen molar-refractivity contribution in [3.63, 3.8) is 0 Å². The molecule has 0 saturated carbocycles. The van der Waals surface area contributed by atoms with Gasteiger partial charge in [-0.25, -0.2) is 0 Å². The number of carbonyl (C=O) groups is 2. The van der Waals surface area contributed by atoms with E-state index in [4.69, 9.17) is 0 Å². The number of ether oxygens (including phenoxy) is 1. The highest BCUT2D eigenvalue weighted by Gasteiger charge is 2.27. The average molecular weight is 216 g/mol. The van der Waals surface area contributed by atoms with E-state index in [-0.39, 0.29) is 11.9 Å². The summed E-state index contributed by atoms with van der Waals surface area (Å²) < 4.78 is 4.66. The van der Waals surface area contributed by atoms with E-state index in [1.54, 1.807) is 0 Å². The maximum Gasteiger partial charge on any atom is 0.312 e. The quantitative estimate of drug-likeness (QED) is 0.481. The number of rotatable bonds is 6. The lowest BCUT2D eigenvalue weighted by molar-refractivity contribution is -0.150. The van der Waals surface area contributed by atoms with Gasteiger partial charge in [-0.3, -0.25) is 9.59 Å². The van der Waals surface area contributed by atoms with Crippen molar-refractivity contribution in [3.8, 4) is 0 Å². The molecule has 0 aromatic rings. The van der Waals surface area contributed by atoms with Gasteiger partial charge in [0.05, 0.1) is 12.5 Å². The van der Waals surface area contributed by atoms with Crippen molar-refractivity contribution >= 4 is 11.9 Å². The second kappa shape index (κ2) is 6.40. The Hall–Kier alpha value is -1.10. The van der Waals surface area contributed by atoms with Gasteiger partial charge in [0.1, 0.15) is 0 Å². The van der Waals surface area contributed by atoms with Crippen LogP contribution in [0.1, 0.15) is 20.8 Å². The molecule has 5 heteroatoms. The van der Waals surface area contributed by atoms with Crippen LogP contribution in [0.4, 0.5) is 0 Å². The second-order valence-corrected chi connectivity index (χ2v) is 4.04. The molecule has 15 heavy (non-hydrogen) atoms. The van der Waals surface area contributed by atoms with Gasteiger partial charge >= 0.3 is 5.97 Å². The number of hydrogen-bond acceptors (Lipinski definition) is 4. The normalized spacial score (nSPS) is 10.9. The molecule has 0 aliphatic rings. The van der Waals surface area contributed by atoms with E-state index in [0.717, 1.165) is 0 Å². The molecule has 0 aliphatic heterocycles. The summed E-state index contributed by atoms with van der Waals surface area (Å²) in [6.45, 7) is 6.82. The first-order valence-electron chi connectivity index (χ1n) is 4.93. The zero-order valence-corrected chi connectivity index (χ0v) is 9.85. The van der Waals surface area contributed by atoms with Crippen LogP contribution in [0.3, 0.4) is 0 Å². The van der Waals surface area contributed by atoms with Crippen LogP contribution in [-0.4, -0.2) is 38.6 Å². The number of methoxy groups -OCH3 is 1. The van der Waals surface area contributed by atoms with Gasteiger partial charge in [0, 0.05) is 26.6 Å². The van der Waals surface area contributed by atoms with Crippen LogP contribution in [0.15, 0.2) is 0 Å². The van der Waals surface area contributed by atoms with Crippen molar-refractivity contribution in [2.24, 2.45) is 5.41 Å². The summed E-state index contributed by atoms with van der Waals surface area (Å²) in [5.41, 5.74) is -0.537. The van der Waals surface area contributed by atoms with Crippen LogP contribution in [0.5, 0.6) is 0 Å². The van der Waals surface area contributed by atoms with Crippen molar-refractivity contribution in [1.82, 2.24) is 10.6 Å². The van der Waals surface area contributed by atoms with Crippen molar-refractivity contribution < 1.29 is 14.3 Å². The fourth-order valence-electron chi connectivity index (χ4n) is 1.08. The Kier molecular flexibility index (Phi) is 5.93. The third-order valence-electron chi connectivity index (χ3n) is 1.98. The van der Waals surface area contributed by atoms with Crippen molar-refractivity contribution in [1.29, 1.82) is 0 Å². The van der Waals surface area contributed by atoms with E-state index >= 15 is 0 Å². The molecule has 1 amide bonds. The van der Waals surface area contributed by atoms with E-state index in [2.05, 4.69) is 15.4 Å². The van der Waals surface area contributed by atoms with Gasteiger partial charge in [-0.2, -0.15) is 0 Å². The molecule has 0 spiro atoms. The summed E-state index contributed by atoms with van der Waals surface area (Å²) in [5, 5.41) is 5.74. The lowest BCUT2D eigenvalue weighted by Crippen LogP contribution is -2.39. The average Bonchev–Trinajstić information content (AvgIpc) is 2.15. The van der Waals surface area contributed by atoms with Crippen LogP contribution in [-0.2, 0) is 14.3 Å². The largest absolute Gasteiger partial charge is 0.469 e. The number of hydrogen-bond donors (Lipinski definition) is 2. The highest BCUT2D eigenvalue weighted by Crippen LogP contribution is 2.14. The summed E-state index contributed by atoms with van der Waals surface area (Å²) in [7, 11) is 1.38. The summed E-state index contributed by atoms with van der Waals surface area (Å²) in [4.78, 5) is 21.8.